The summed E-state index contributed by atoms with van der Waals surface area (Å²) in [6, 6.07) is 16.6. The molecule has 0 amide bonds. The Kier molecular flexibility index (Phi) is 5.66. The fourth-order valence-electron chi connectivity index (χ4n) is 2.03. The highest BCUT2D eigenvalue weighted by atomic mass is 16.6. The summed E-state index contributed by atoms with van der Waals surface area (Å²) in [6.45, 7) is 0.125. The van der Waals surface area contributed by atoms with Crippen LogP contribution in [0.1, 0.15) is 5.89 Å². The van der Waals surface area contributed by atoms with Gasteiger partial charge in [0.2, 0.25) is 5.89 Å². The first kappa shape index (κ1) is 17.3. The summed E-state index contributed by atoms with van der Waals surface area (Å²) in [7, 11) is 1.61. The van der Waals surface area contributed by atoms with Crippen LogP contribution in [0.25, 0.3) is 11.5 Å². The zero-order valence-electron chi connectivity index (χ0n) is 14.2. The van der Waals surface area contributed by atoms with Crippen molar-refractivity contribution in [3.63, 3.8) is 0 Å². The fourth-order valence-corrected chi connectivity index (χ4v) is 2.03. The number of amidine groups is 1. The number of rotatable bonds is 8. The van der Waals surface area contributed by atoms with Crippen LogP contribution < -0.4 is 15.2 Å². The molecule has 0 aliphatic rings. The van der Waals surface area contributed by atoms with Gasteiger partial charge >= 0.3 is 0 Å². The van der Waals surface area contributed by atoms with Gasteiger partial charge in [0.15, 0.2) is 12.4 Å². The van der Waals surface area contributed by atoms with Gasteiger partial charge in [0.05, 0.1) is 7.11 Å². The highest BCUT2D eigenvalue weighted by molar-refractivity contribution is 5.81. The van der Waals surface area contributed by atoms with E-state index in [0.717, 1.165) is 11.3 Å². The third-order valence-electron chi connectivity index (χ3n) is 3.30. The molecule has 0 radical (unpaired) electrons. The number of ether oxygens (including phenoxy) is 2. The van der Waals surface area contributed by atoms with Crippen molar-refractivity contribution in [2.24, 2.45) is 10.9 Å². The number of nitrogens with zero attached hydrogens (tertiary/aromatic N) is 3. The van der Waals surface area contributed by atoms with Crippen LogP contribution in [0.5, 0.6) is 11.5 Å². The van der Waals surface area contributed by atoms with Gasteiger partial charge in [0.25, 0.3) is 5.89 Å². The molecule has 0 fully saturated rings. The highest BCUT2D eigenvalue weighted by Crippen LogP contribution is 2.21. The van der Waals surface area contributed by atoms with Crippen molar-refractivity contribution in [2.45, 2.75) is 6.61 Å². The van der Waals surface area contributed by atoms with Crippen LogP contribution in [0.2, 0.25) is 0 Å². The minimum absolute atomic E-state index is 0.00912. The van der Waals surface area contributed by atoms with E-state index in [2.05, 4.69) is 15.4 Å². The molecule has 3 aromatic rings. The molecule has 2 N–H and O–H groups in total. The number of aromatic nitrogens is 2. The maximum absolute atomic E-state index is 5.73. The van der Waals surface area contributed by atoms with Crippen LogP contribution in [0, 0.1) is 0 Å². The molecule has 1 aromatic heterocycles. The zero-order valence-corrected chi connectivity index (χ0v) is 14.2. The second-order valence-corrected chi connectivity index (χ2v) is 5.19. The van der Waals surface area contributed by atoms with Crippen molar-refractivity contribution in [1.29, 1.82) is 0 Å². The molecular formula is C18H18N4O4. The summed E-state index contributed by atoms with van der Waals surface area (Å²) in [6.07, 6.45) is 0. The molecular weight excluding hydrogens is 336 g/mol. The Bertz CT molecular complexity index is 847. The summed E-state index contributed by atoms with van der Waals surface area (Å²) in [4.78, 5) is 5.12. The molecule has 2 aromatic carbocycles. The van der Waals surface area contributed by atoms with E-state index in [4.69, 9.17) is 24.5 Å². The lowest BCUT2D eigenvalue weighted by Crippen LogP contribution is -2.21. The molecule has 0 unspecified atom stereocenters. The zero-order chi connectivity index (χ0) is 18.2. The fraction of sp³-hybridized carbons (Fsp3) is 0.167. The monoisotopic (exact) mass is 354 g/mol. The van der Waals surface area contributed by atoms with Crippen LogP contribution in [-0.2, 0) is 11.4 Å². The van der Waals surface area contributed by atoms with E-state index in [1.54, 1.807) is 7.11 Å². The molecule has 0 atom stereocenters. The summed E-state index contributed by atoms with van der Waals surface area (Å²) < 4.78 is 16.1. The lowest BCUT2D eigenvalue weighted by atomic mass is 10.2. The topological polar surface area (TPSA) is 105 Å². The molecule has 0 spiro atoms. The van der Waals surface area contributed by atoms with E-state index < -0.39 is 0 Å². The Hall–Kier alpha value is -3.55. The lowest BCUT2D eigenvalue weighted by molar-refractivity contribution is 0.109. The minimum atomic E-state index is 0.00912. The standard InChI is InChI=1S/C18H18N4O4/c1-23-14-9-7-13(8-10-14)18-21-20-17(26-18)12-25-22-16(19)11-24-15-5-3-2-4-6-15/h2-10H,11-12H2,1H3,(H2,19,22). The van der Waals surface area contributed by atoms with Crippen LogP contribution in [-0.4, -0.2) is 29.7 Å². The Morgan fingerprint density at radius 3 is 2.54 bits per heavy atom. The smallest absolute Gasteiger partial charge is 0.257 e. The maximum atomic E-state index is 5.73. The van der Waals surface area contributed by atoms with Crippen molar-refractivity contribution in [3.8, 4) is 23.0 Å². The number of nitrogens with two attached hydrogens (primary N) is 1. The van der Waals surface area contributed by atoms with Crippen LogP contribution in [0.15, 0.2) is 64.2 Å². The molecule has 0 aliphatic heterocycles. The quantitative estimate of drug-likeness (QED) is 0.376. The predicted octanol–water partition coefficient (Wildman–Crippen LogP) is 2.61. The number of oxime groups is 1. The molecule has 8 nitrogen and oxygen atoms in total. The summed E-state index contributed by atoms with van der Waals surface area (Å²) >= 11 is 0. The van der Waals surface area contributed by atoms with Gasteiger partial charge in [-0.2, -0.15) is 0 Å². The number of methoxy groups -OCH3 is 1. The molecule has 134 valence electrons. The second-order valence-electron chi connectivity index (χ2n) is 5.19. The van der Waals surface area contributed by atoms with Crippen molar-refractivity contribution in [1.82, 2.24) is 10.2 Å². The van der Waals surface area contributed by atoms with Gasteiger partial charge in [-0.25, -0.2) is 0 Å². The number of hydrogen-bond acceptors (Lipinski definition) is 7. The summed E-state index contributed by atoms with van der Waals surface area (Å²) in [5, 5.41) is 11.6. The Morgan fingerprint density at radius 1 is 1.04 bits per heavy atom. The first-order chi connectivity index (χ1) is 12.7. The Balaban J connectivity index is 1.49. The van der Waals surface area contributed by atoms with E-state index in [1.165, 1.54) is 0 Å². The molecule has 0 saturated heterocycles. The van der Waals surface area contributed by atoms with E-state index in [-0.39, 0.29) is 24.9 Å². The van der Waals surface area contributed by atoms with Crippen LogP contribution in [0.4, 0.5) is 0 Å². The number of hydrogen-bond donors (Lipinski definition) is 1. The predicted molar refractivity (Wildman–Crippen MR) is 94.6 cm³/mol. The summed E-state index contributed by atoms with van der Waals surface area (Å²) in [5.41, 5.74) is 6.51. The van der Waals surface area contributed by atoms with Gasteiger partial charge in [0.1, 0.15) is 18.1 Å². The first-order valence-corrected chi connectivity index (χ1v) is 7.83. The number of benzene rings is 2. The molecule has 3 rings (SSSR count). The van der Waals surface area contributed by atoms with E-state index >= 15 is 0 Å². The largest absolute Gasteiger partial charge is 0.497 e. The minimum Gasteiger partial charge on any atom is -0.497 e. The Labute approximate surface area is 150 Å². The van der Waals surface area contributed by atoms with Gasteiger partial charge in [-0.15, -0.1) is 10.2 Å². The second kappa shape index (κ2) is 8.52. The van der Waals surface area contributed by atoms with Gasteiger partial charge in [0, 0.05) is 5.56 Å². The molecule has 0 bridgehead atoms. The third kappa shape index (κ3) is 4.73. The Morgan fingerprint density at radius 2 is 1.81 bits per heavy atom. The molecule has 8 heteroatoms. The van der Waals surface area contributed by atoms with Gasteiger partial charge in [-0.3, -0.25) is 0 Å². The van der Waals surface area contributed by atoms with Crippen LogP contribution in [0.3, 0.4) is 0 Å². The van der Waals surface area contributed by atoms with Crippen molar-refractivity contribution < 1.29 is 18.7 Å². The average molecular weight is 354 g/mol. The molecule has 26 heavy (non-hydrogen) atoms. The van der Waals surface area contributed by atoms with Gasteiger partial charge in [-0.05, 0) is 36.4 Å². The normalized spacial score (nSPS) is 11.2. The SMILES string of the molecule is COc1ccc(-c2nnc(CO/N=C(\N)COc3ccccc3)o2)cc1. The van der Waals surface area contributed by atoms with Crippen molar-refractivity contribution in [2.75, 3.05) is 13.7 Å². The third-order valence-corrected chi connectivity index (χ3v) is 3.30. The molecule has 0 saturated carbocycles. The first-order valence-electron chi connectivity index (χ1n) is 7.83. The van der Waals surface area contributed by atoms with E-state index in [9.17, 15) is 0 Å². The maximum Gasteiger partial charge on any atom is 0.257 e. The lowest BCUT2D eigenvalue weighted by Gasteiger charge is -2.04. The average Bonchev–Trinajstić information content (AvgIpc) is 3.16. The van der Waals surface area contributed by atoms with Crippen LogP contribution >= 0.6 is 0 Å². The highest BCUT2D eigenvalue weighted by Gasteiger charge is 2.09. The van der Waals surface area contributed by atoms with E-state index in [0.29, 0.717) is 11.6 Å². The van der Waals surface area contributed by atoms with E-state index in [1.807, 2.05) is 54.6 Å². The number of para-hydroxylation sites is 1. The van der Waals surface area contributed by atoms with Gasteiger partial charge in [-0.1, -0.05) is 23.4 Å². The van der Waals surface area contributed by atoms with Crippen molar-refractivity contribution in [3.05, 3.63) is 60.5 Å². The molecule has 0 aliphatic carbocycles. The van der Waals surface area contributed by atoms with Gasteiger partial charge < -0.3 is 24.5 Å². The summed E-state index contributed by atoms with van der Waals surface area (Å²) in [5.74, 6) is 2.32. The molecule has 1 heterocycles. The van der Waals surface area contributed by atoms with Crippen molar-refractivity contribution >= 4 is 5.84 Å².